The molecule has 23 heavy (non-hydrogen) atoms. The lowest BCUT2D eigenvalue weighted by Gasteiger charge is -2.28. The van der Waals surface area contributed by atoms with Crippen molar-refractivity contribution in [2.45, 2.75) is 19.3 Å². The van der Waals surface area contributed by atoms with Gasteiger partial charge in [-0.25, -0.2) is 0 Å². The van der Waals surface area contributed by atoms with Gasteiger partial charge in [-0.2, -0.15) is 0 Å². The van der Waals surface area contributed by atoms with Crippen LogP contribution in [0.15, 0.2) is 42.7 Å². The summed E-state index contributed by atoms with van der Waals surface area (Å²) in [6.45, 7) is 2.27. The number of rotatable bonds is 2. The van der Waals surface area contributed by atoms with Crippen molar-refractivity contribution in [3.63, 3.8) is 0 Å². The van der Waals surface area contributed by atoms with Crippen molar-refractivity contribution in [1.29, 1.82) is 0 Å². The van der Waals surface area contributed by atoms with Crippen LogP contribution in [0.1, 0.15) is 40.7 Å². The molecule has 1 aliphatic rings. The van der Waals surface area contributed by atoms with Crippen LogP contribution in [0.2, 0.25) is 0 Å². The van der Waals surface area contributed by atoms with Crippen molar-refractivity contribution in [2.75, 3.05) is 18.0 Å². The van der Waals surface area contributed by atoms with Gasteiger partial charge in [0.15, 0.2) is 0 Å². The van der Waals surface area contributed by atoms with E-state index in [2.05, 4.69) is 33.9 Å². The number of carbonyl (C=O) groups is 1. The van der Waals surface area contributed by atoms with Crippen LogP contribution in [0, 0.1) is 11.8 Å². The SMILES string of the molecule is NC(=O)c1cncc(C#Cc2ccc(N3CCCCC3)cc2)c1. The normalized spacial score (nSPS) is 14.0. The fourth-order valence-corrected chi connectivity index (χ4v) is 2.70. The highest BCUT2D eigenvalue weighted by Gasteiger charge is 2.10. The number of benzene rings is 1. The minimum absolute atomic E-state index is 0.372. The largest absolute Gasteiger partial charge is 0.372 e. The van der Waals surface area contributed by atoms with Crippen molar-refractivity contribution in [3.8, 4) is 11.8 Å². The number of carbonyl (C=O) groups excluding carboxylic acids is 1. The summed E-state index contributed by atoms with van der Waals surface area (Å²) in [6.07, 6.45) is 6.94. The fourth-order valence-electron chi connectivity index (χ4n) is 2.70. The molecule has 0 radical (unpaired) electrons. The quantitative estimate of drug-likeness (QED) is 0.868. The molecule has 1 saturated heterocycles. The minimum Gasteiger partial charge on any atom is -0.372 e. The van der Waals surface area contributed by atoms with Gasteiger partial charge in [0.05, 0.1) is 5.56 Å². The lowest BCUT2D eigenvalue weighted by atomic mass is 10.1. The van der Waals surface area contributed by atoms with Gasteiger partial charge >= 0.3 is 0 Å². The molecule has 0 unspecified atom stereocenters. The Morgan fingerprint density at radius 2 is 1.70 bits per heavy atom. The van der Waals surface area contributed by atoms with Gasteiger partial charge in [0.25, 0.3) is 0 Å². The van der Waals surface area contributed by atoms with Crippen molar-refractivity contribution in [2.24, 2.45) is 5.73 Å². The Bertz CT molecular complexity index is 750. The molecule has 0 atom stereocenters. The van der Waals surface area contributed by atoms with E-state index in [0.29, 0.717) is 11.1 Å². The van der Waals surface area contributed by atoms with E-state index < -0.39 is 5.91 Å². The molecule has 2 N–H and O–H groups in total. The van der Waals surface area contributed by atoms with Crippen LogP contribution in [0.3, 0.4) is 0 Å². The highest BCUT2D eigenvalue weighted by atomic mass is 16.1. The van der Waals surface area contributed by atoms with E-state index in [-0.39, 0.29) is 0 Å². The van der Waals surface area contributed by atoms with Crippen molar-refractivity contribution < 1.29 is 4.79 Å². The van der Waals surface area contributed by atoms with E-state index in [1.165, 1.54) is 31.1 Å². The molecule has 116 valence electrons. The maximum absolute atomic E-state index is 11.1. The fraction of sp³-hybridized carbons (Fsp3) is 0.263. The molecule has 4 heteroatoms. The van der Waals surface area contributed by atoms with Crippen LogP contribution in [0.4, 0.5) is 5.69 Å². The Kier molecular flexibility index (Phi) is 4.58. The minimum atomic E-state index is -0.493. The third kappa shape index (κ3) is 3.89. The number of hydrogen-bond donors (Lipinski definition) is 1. The Hall–Kier alpha value is -2.80. The highest BCUT2D eigenvalue weighted by Crippen LogP contribution is 2.19. The summed E-state index contributed by atoms with van der Waals surface area (Å²) in [7, 11) is 0. The Labute approximate surface area is 136 Å². The number of amides is 1. The first-order valence-electron chi connectivity index (χ1n) is 7.84. The molecule has 0 saturated carbocycles. The van der Waals surface area contributed by atoms with Crippen LogP contribution < -0.4 is 10.6 Å². The second-order valence-electron chi connectivity index (χ2n) is 5.67. The summed E-state index contributed by atoms with van der Waals surface area (Å²) >= 11 is 0. The molecule has 2 heterocycles. The van der Waals surface area contributed by atoms with Crippen LogP contribution >= 0.6 is 0 Å². The van der Waals surface area contributed by atoms with Crippen molar-refractivity contribution in [3.05, 3.63) is 59.4 Å². The maximum Gasteiger partial charge on any atom is 0.250 e. The first kappa shape index (κ1) is 15.1. The smallest absolute Gasteiger partial charge is 0.250 e. The Balaban J connectivity index is 1.73. The van der Waals surface area contributed by atoms with Crippen LogP contribution in [-0.4, -0.2) is 24.0 Å². The number of nitrogens with two attached hydrogens (primary N) is 1. The van der Waals surface area contributed by atoms with E-state index >= 15 is 0 Å². The topological polar surface area (TPSA) is 59.2 Å². The van der Waals surface area contributed by atoms with Gasteiger partial charge in [-0.15, -0.1) is 0 Å². The lowest BCUT2D eigenvalue weighted by Crippen LogP contribution is -2.29. The van der Waals surface area contributed by atoms with E-state index in [0.717, 1.165) is 18.7 Å². The molecule has 0 bridgehead atoms. The number of anilines is 1. The Morgan fingerprint density at radius 1 is 1.00 bits per heavy atom. The highest BCUT2D eigenvalue weighted by molar-refractivity contribution is 5.92. The van der Waals surface area contributed by atoms with Gasteiger partial charge in [0, 0.05) is 42.3 Å². The van der Waals surface area contributed by atoms with Crippen molar-refractivity contribution >= 4 is 11.6 Å². The zero-order valence-electron chi connectivity index (χ0n) is 13.0. The maximum atomic E-state index is 11.1. The Morgan fingerprint density at radius 3 is 2.39 bits per heavy atom. The first-order valence-corrected chi connectivity index (χ1v) is 7.84. The summed E-state index contributed by atoms with van der Waals surface area (Å²) in [6, 6.07) is 9.95. The monoisotopic (exact) mass is 305 g/mol. The third-order valence-corrected chi connectivity index (χ3v) is 3.96. The number of pyridine rings is 1. The average molecular weight is 305 g/mol. The van der Waals surface area contributed by atoms with Gasteiger partial charge in [-0.1, -0.05) is 11.8 Å². The standard InChI is InChI=1S/C19H19N3O/c20-19(23)17-12-16(13-21-14-17)5-4-15-6-8-18(9-7-15)22-10-2-1-3-11-22/h6-9,12-14H,1-3,10-11H2,(H2,20,23). The molecular weight excluding hydrogens is 286 g/mol. The van der Waals surface area contributed by atoms with Gasteiger partial charge in [0.1, 0.15) is 0 Å². The van der Waals surface area contributed by atoms with E-state index in [1.54, 1.807) is 12.3 Å². The zero-order valence-corrected chi connectivity index (χ0v) is 13.0. The summed E-state index contributed by atoms with van der Waals surface area (Å²) in [5.41, 5.74) is 8.50. The van der Waals surface area contributed by atoms with Gasteiger partial charge in [0.2, 0.25) is 5.91 Å². The number of primary amides is 1. The number of hydrogen-bond acceptors (Lipinski definition) is 3. The number of aromatic nitrogens is 1. The van der Waals surface area contributed by atoms with E-state index in [9.17, 15) is 4.79 Å². The van der Waals surface area contributed by atoms with Crippen LogP contribution in [0.5, 0.6) is 0 Å². The lowest BCUT2D eigenvalue weighted by molar-refractivity contribution is 0.1000. The second kappa shape index (κ2) is 6.97. The molecule has 1 amide bonds. The number of piperidine rings is 1. The first-order chi connectivity index (χ1) is 11.2. The average Bonchev–Trinajstić information content (AvgIpc) is 2.61. The molecule has 0 aliphatic carbocycles. The van der Waals surface area contributed by atoms with Crippen LogP contribution in [-0.2, 0) is 0 Å². The predicted octanol–water partition coefficient (Wildman–Crippen LogP) is 2.57. The van der Waals surface area contributed by atoms with E-state index in [4.69, 9.17) is 5.73 Å². The third-order valence-electron chi connectivity index (χ3n) is 3.96. The predicted molar refractivity (Wildman–Crippen MR) is 91.2 cm³/mol. The van der Waals surface area contributed by atoms with Gasteiger partial charge in [-0.3, -0.25) is 9.78 Å². The van der Waals surface area contributed by atoms with Crippen LogP contribution in [0.25, 0.3) is 0 Å². The molecule has 1 aliphatic heterocycles. The van der Waals surface area contributed by atoms with Gasteiger partial charge < -0.3 is 10.6 Å². The van der Waals surface area contributed by atoms with Gasteiger partial charge in [-0.05, 0) is 49.6 Å². The molecule has 1 aromatic carbocycles. The molecule has 3 rings (SSSR count). The summed E-state index contributed by atoms with van der Waals surface area (Å²) in [5, 5.41) is 0. The molecule has 0 spiro atoms. The molecule has 2 aromatic rings. The summed E-state index contributed by atoms with van der Waals surface area (Å²) < 4.78 is 0. The van der Waals surface area contributed by atoms with Crippen molar-refractivity contribution in [1.82, 2.24) is 4.98 Å². The molecule has 4 nitrogen and oxygen atoms in total. The number of nitrogens with zero attached hydrogens (tertiary/aromatic N) is 2. The second-order valence-corrected chi connectivity index (χ2v) is 5.67. The zero-order chi connectivity index (χ0) is 16.1. The molecule has 1 aromatic heterocycles. The molecular formula is C19H19N3O. The van der Waals surface area contributed by atoms with E-state index in [1.807, 2.05) is 12.1 Å². The summed E-state index contributed by atoms with van der Waals surface area (Å²) in [5.74, 6) is 5.62. The summed E-state index contributed by atoms with van der Waals surface area (Å²) in [4.78, 5) is 17.5. The molecule has 1 fully saturated rings.